The van der Waals surface area contributed by atoms with Gasteiger partial charge in [0.1, 0.15) is 11.9 Å². The number of ether oxygens (including phenoxy) is 1. The number of hydrogen-bond acceptors (Lipinski definition) is 4. The van der Waals surface area contributed by atoms with E-state index in [2.05, 4.69) is 48.2 Å². The summed E-state index contributed by atoms with van der Waals surface area (Å²) in [5, 5.41) is 11.0. The van der Waals surface area contributed by atoms with Gasteiger partial charge in [-0.25, -0.2) is 0 Å². The van der Waals surface area contributed by atoms with Gasteiger partial charge in [-0.1, -0.05) is 60.2 Å². The molecule has 5 heteroatoms. The fourth-order valence-electron chi connectivity index (χ4n) is 4.27. The van der Waals surface area contributed by atoms with E-state index in [0.717, 1.165) is 43.8 Å². The molecular formula is C26H28N2O3. The second-order valence-corrected chi connectivity index (χ2v) is 8.25. The van der Waals surface area contributed by atoms with Crippen LogP contribution in [0.1, 0.15) is 29.0 Å². The van der Waals surface area contributed by atoms with Gasteiger partial charge >= 0.3 is 0 Å². The molecule has 4 rings (SSSR count). The zero-order chi connectivity index (χ0) is 21.6. The van der Waals surface area contributed by atoms with Gasteiger partial charge in [0.05, 0.1) is 4.92 Å². The molecule has 160 valence electrons. The molecule has 1 aliphatic heterocycles. The largest absolute Gasteiger partial charge is 0.490 e. The third kappa shape index (κ3) is 5.50. The monoisotopic (exact) mass is 416 g/mol. The van der Waals surface area contributed by atoms with Crippen LogP contribution in [0, 0.1) is 17.0 Å². The standard InChI is InChI=1S/C26H28N2O3/c1-20-10-12-24(13-11-20)31-26-15-17-27(19-25(26)22-7-3-2-4-8-22)16-14-21-6-5-9-23(18-21)28(29)30/h2-13,18,25-26H,14-17,19H2,1H3. The van der Waals surface area contributed by atoms with Crippen LogP contribution in [0.3, 0.4) is 0 Å². The summed E-state index contributed by atoms with van der Waals surface area (Å²) in [6.07, 6.45) is 1.87. The van der Waals surface area contributed by atoms with Crippen LogP contribution >= 0.6 is 0 Å². The van der Waals surface area contributed by atoms with Crippen molar-refractivity contribution in [3.05, 3.63) is 106 Å². The van der Waals surface area contributed by atoms with Crippen molar-refractivity contribution >= 4 is 5.69 Å². The molecule has 0 radical (unpaired) electrons. The van der Waals surface area contributed by atoms with E-state index in [-0.39, 0.29) is 22.6 Å². The number of benzene rings is 3. The summed E-state index contributed by atoms with van der Waals surface area (Å²) in [7, 11) is 0. The molecule has 3 aromatic carbocycles. The van der Waals surface area contributed by atoms with Crippen LogP contribution in [0.5, 0.6) is 5.75 Å². The number of aryl methyl sites for hydroxylation is 1. The van der Waals surface area contributed by atoms with Gasteiger partial charge in [0, 0.05) is 37.7 Å². The van der Waals surface area contributed by atoms with Gasteiger partial charge in [0.25, 0.3) is 5.69 Å². The number of non-ortho nitro benzene ring substituents is 1. The van der Waals surface area contributed by atoms with Gasteiger partial charge in [-0.3, -0.25) is 10.1 Å². The molecule has 1 heterocycles. The van der Waals surface area contributed by atoms with E-state index in [1.165, 1.54) is 11.1 Å². The summed E-state index contributed by atoms with van der Waals surface area (Å²) in [4.78, 5) is 13.2. The number of piperidine rings is 1. The Morgan fingerprint density at radius 3 is 2.55 bits per heavy atom. The van der Waals surface area contributed by atoms with Crippen molar-refractivity contribution in [2.75, 3.05) is 19.6 Å². The molecule has 31 heavy (non-hydrogen) atoms. The average Bonchev–Trinajstić information content (AvgIpc) is 2.80. The highest BCUT2D eigenvalue weighted by Gasteiger charge is 2.32. The summed E-state index contributed by atoms with van der Waals surface area (Å²) in [5.74, 6) is 1.20. The van der Waals surface area contributed by atoms with E-state index in [9.17, 15) is 10.1 Å². The molecule has 3 aromatic rings. The van der Waals surface area contributed by atoms with Gasteiger partial charge in [-0.15, -0.1) is 0 Å². The first-order valence-electron chi connectivity index (χ1n) is 10.8. The third-order valence-electron chi connectivity index (χ3n) is 6.01. The summed E-state index contributed by atoms with van der Waals surface area (Å²) >= 11 is 0. The number of hydrogen-bond donors (Lipinski definition) is 0. The molecule has 5 nitrogen and oxygen atoms in total. The first kappa shape index (κ1) is 21.1. The maximum atomic E-state index is 11.0. The molecule has 1 saturated heterocycles. The predicted molar refractivity (Wildman–Crippen MR) is 123 cm³/mol. The van der Waals surface area contributed by atoms with Crippen molar-refractivity contribution in [2.45, 2.75) is 31.8 Å². The second kappa shape index (κ2) is 9.75. The van der Waals surface area contributed by atoms with Crippen LogP contribution in [0.15, 0.2) is 78.9 Å². The fourth-order valence-corrected chi connectivity index (χ4v) is 4.27. The van der Waals surface area contributed by atoms with Crippen LogP contribution < -0.4 is 4.74 Å². The van der Waals surface area contributed by atoms with E-state index in [0.29, 0.717) is 0 Å². The Balaban J connectivity index is 1.45. The molecule has 0 aliphatic carbocycles. The van der Waals surface area contributed by atoms with Gasteiger partial charge < -0.3 is 9.64 Å². The molecule has 1 aliphatic rings. The average molecular weight is 417 g/mol. The summed E-state index contributed by atoms with van der Waals surface area (Å²) < 4.78 is 6.43. The summed E-state index contributed by atoms with van der Waals surface area (Å²) in [5.41, 5.74) is 3.68. The zero-order valence-electron chi connectivity index (χ0n) is 17.8. The van der Waals surface area contributed by atoms with Crippen molar-refractivity contribution in [2.24, 2.45) is 0 Å². The lowest BCUT2D eigenvalue weighted by molar-refractivity contribution is -0.384. The quantitative estimate of drug-likeness (QED) is 0.383. The zero-order valence-corrected chi connectivity index (χ0v) is 17.8. The van der Waals surface area contributed by atoms with Gasteiger partial charge in [0.15, 0.2) is 0 Å². The van der Waals surface area contributed by atoms with Gasteiger partial charge in [0.2, 0.25) is 0 Å². The Hall–Kier alpha value is -3.18. The maximum absolute atomic E-state index is 11.0. The van der Waals surface area contributed by atoms with Gasteiger partial charge in [-0.2, -0.15) is 0 Å². The highest BCUT2D eigenvalue weighted by atomic mass is 16.6. The molecule has 0 saturated carbocycles. The minimum absolute atomic E-state index is 0.124. The Morgan fingerprint density at radius 2 is 1.81 bits per heavy atom. The predicted octanol–water partition coefficient (Wildman–Crippen LogP) is 5.38. The second-order valence-electron chi connectivity index (χ2n) is 8.25. The SMILES string of the molecule is Cc1ccc(OC2CCN(CCc3cccc([N+](=O)[O-])c3)CC2c2ccccc2)cc1. The molecule has 0 spiro atoms. The molecule has 0 amide bonds. The van der Waals surface area contributed by atoms with Crippen molar-refractivity contribution < 1.29 is 9.66 Å². The normalized spacial score (nSPS) is 19.1. The Bertz CT molecular complexity index is 1000. The number of nitrogens with zero attached hydrogens (tertiary/aromatic N) is 2. The molecule has 2 unspecified atom stereocenters. The minimum atomic E-state index is -0.331. The molecule has 0 aromatic heterocycles. The van der Waals surface area contributed by atoms with Crippen molar-refractivity contribution in [1.29, 1.82) is 0 Å². The number of nitro groups is 1. The van der Waals surface area contributed by atoms with Crippen LogP contribution in [-0.2, 0) is 6.42 Å². The first-order valence-corrected chi connectivity index (χ1v) is 10.8. The van der Waals surface area contributed by atoms with E-state index in [1.54, 1.807) is 18.2 Å². The van der Waals surface area contributed by atoms with Crippen LogP contribution in [-0.4, -0.2) is 35.6 Å². The van der Waals surface area contributed by atoms with Crippen LogP contribution in [0.2, 0.25) is 0 Å². The van der Waals surface area contributed by atoms with E-state index >= 15 is 0 Å². The number of likely N-dealkylation sites (tertiary alicyclic amines) is 1. The van der Waals surface area contributed by atoms with Crippen molar-refractivity contribution in [3.8, 4) is 5.75 Å². The van der Waals surface area contributed by atoms with E-state index in [4.69, 9.17) is 4.74 Å². The lowest BCUT2D eigenvalue weighted by atomic mass is 9.87. The lowest BCUT2D eigenvalue weighted by Crippen LogP contribution is -2.44. The summed E-state index contributed by atoms with van der Waals surface area (Å²) in [6.45, 7) is 4.82. The molecule has 0 N–H and O–H groups in total. The third-order valence-corrected chi connectivity index (χ3v) is 6.01. The van der Waals surface area contributed by atoms with E-state index < -0.39 is 0 Å². The Kier molecular flexibility index (Phi) is 6.63. The van der Waals surface area contributed by atoms with E-state index in [1.807, 2.05) is 24.3 Å². The van der Waals surface area contributed by atoms with Crippen LogP contribution in [0.4, 0.5) is 5.69 Å². The Morgan fingerprint density at radius 1 is 1.03 bits per heavy atom. The minimum Gasteiger partial charge on any atom is -0.490 e. The van der Waals surface area contributed by atoms with Crippen molar-refractivity contribution in [1.82, 2.24) is 4.90 Å². The topological polar surface area (TPSA) is 55.6 Å². The van der Waals surface area contributed by atoms with Gasteiger partial charge in [-0.05, 0) is 43.0 Å². The first-order chi connectivity index (χ1) is 15.1. The highest BCUT2D eigenvalue weighted by molar-refractivity contribution is 5.34. The highest BCUT2D eigenvalue weighted by Crippen LogP contribution is 2.31. The lowest BCUT2D eigenvalue weighted by Gasteiger charge is -2.39. The fraction of sp³-hybridized carbons (Fsp3) is 0.308. The van der Waals surface area contributed by atoms with Crippen molar-refractivity contribution in [3.63, 3.8) is 0 Å². The summed E-state index contributed by atoms with van der Waals surface area (Å²) in [6, 6.07) is 25.8. The molecule has 1 fully saturated rings. The Labute approximate surface area is 183 Å². The number of rotatable bonds is 7. The molecule has 0 bridgehead atoms. The smallest absolute Gasteiger partial charge is 0.269 e. The maximum Gasteiger partial charge on any atom is 0.269 e. The molecule has 2 atom stereocenters. The number of nitro benzene ring substituents is 1. The molecular weight excluding hydrogens is 388 g/mol. The van der Waals surface area contributed by atoms with Crippen LogP contribution in [0.25, 0.3) is 0 Å².